The van der Waals surface area contributed by atoms with E-state index in [1.165, 1.54) is 23.5 Å². The third-order valence-corrected chi connectivity index (χ3v) is 3.66. The fourth-order valence-corrected chi connectivity index (χ4v) is 2.50. The number of nitrogens with zero attached hydrogens (tertiary/aromatic N) is 2. The maximum absolute atomic E-state index is 10.8. The number of carboxylic acid groups (broad SMARTS) is 1. The van der Waals surface area contributed by atoms with E-state index in [9.17, 15) is 9.90 Å². The monoisotopic (exact) mass is 312 g/mol. The van der Waals surface area contributed by atoms with Crippen molar-refractivity contribution in [3.8, 4) is 0 Å². The number of carbonyl (C=O) groups excluding carboxylic acids is 1. The normalized spacial score (nSPS) is 11.3. The lowest BCUT2D eigenvalue weighted by Crippen LogP contribution is -2.22. The van der Waals surface area contributed by atoms with Gasteiger partial charge in [0.2, 0.25) is 0 Å². The van der Waals surface area contributed by atoms with Crippen molar-refractivity contribution in [1.29, 1.82) is 0 Å². The van der Waals surface area contributed by atoms with E-state index >= 15 is 0 Å². The highest BCUT2D eigenvalue weighted by molar-refractivity contribution is 5.87. The topological polar surface area (TPSA) is 69.4 Å². The molecule has 0 aliphatic carbocycles. The van der Waals surface area contributed by atoms with Crippen LogP contribution in [-0.4, -0.2) is 16.8 Å². The zero-order chi connectivity index (χ0) is 17.0. The van der Waals surface area contributed by atoms with Gasteiger partial charge in [-0.05, 0) is 43.5 Å². The van der Waals surface area contributed by atoms with Crippen LogP contribution in [0, 0.1) is 19.8 Å². The molecule has 0 saturated heterocycles. The van der Waals surface area contributed by atoms with Gasteiger partial charge < -0.3 is 14.5 Å². The Balaban J connectivity index is 2.12. The lowest BCUT2D eigenvalue weighted by Gasteiger charge is -2.11. The third-order valence-electron chi connectivity index (χ3n) is 3.66. The van der Waals surface area contributed by atoms with Crippen LogP contribution in [0.4, 0.5) is 5.69 Å². The minimum Gasteiger partial charge on any atom is -0.545 e. The van der Waals surface area contributed by atoms with Crippen molar-refractivity contribution >= 4 is 17.9 Å². The van der Waals surface area contributed by atoms with Crippen molar-refractivity contribution in [3.05, 3.63) is 52.8 Å². The Kier molecular flexibility index (Phi) is 5.21. The maximum Gasteiger partial charge on any atom is 0.0716 e. The molecule has 0 spiro atoms. The van der Waals surface area contributed by atoms with Crippen molar-refractivity contribution < 1.29 is 9.90 Å². The zero-order valence-electron chi connectivity index (χ0n) is 14.0. The van der Waals surface area contributed by atoms with E-state index in [1.807, 2.05) is 0 Å². The van der Waals surface area contributed by atoms with Gasteiger partial charge in [0.25, 0.3) is 0 Å². The van der Waals surface area contributed by atoms with Gasteiger partial charge in [-0.2, -0.15) is 5.10 Å². The quantitative estimate of drug-likeness (QED) is 0.658. The molecule has 5 nitrogen and oxygen atoms in total. The van der Waals surface area contributed by atoms with Gasteiger partial charge in [0.15, 0.2) is 0 Å². The Morgan fingerprint density at radius 3 is 2.74 bits per heavy atom. The number of nitrogens with one attached hydrogen (secondary N) is 1. The highest BCUT2D eigenvalue weighted by Gasteiger charge is 2.08. The first-order chi connectivity index (χ1) is 10.9. The Morgan fingerprint density at radius 1 is 1.35 bits per heavy atom. The molecule has 0 unspecified atom stereocenters. The van der Waals surface area contributed by atoms with Gasteiger partial charge in [-0.1, -0.05) is 26.0 Å². The molecule has 2 aromatic rings. The first-order valence-corrected chi connectivity index (χ1v) is 7.65. The predicted octanol–water partition coefficient (Wildman–Crippen LogP) is 2.57. The second-order valence-corrected chi connectivity index (χ2v) is 6.07. The number of anilines is 1. The molecule has 5 heteroatoms. The molecule has 0 fully saturated rings. The molecule has 1 aromatic heterocycles. The fraction of sp³-hybridized carbons (Fsp3) is 0.333. The lowest BCUT2D eigenvalue weighted by atomic mass is 10.2. The van der Waals surface area contributed by atoms with E-state index in [2.05, 4.69) is 48.9 Å². The van der Waals surface area contributed by atoms with Crippen LogP contribution in [0.25, 0.3) is 0 Å². The average molecular weight is 312 g/mol. The Morgan fingerprint density at radius 2 is 2.09 bits per heavy atom. The molecule has 0 amide bonds. The standard InChI is InChI=1S/C18H23N3O2/c1-12(2)11-21-13(3)8-16(14(21)4)10-19-20-17-7-5-6-15(9-17)18(22)23/h5-10,12,20H,11H2,1-4H3,(H,22,23)/p-1/b19-10-. The number of carbonyl (C=O) groups is 1. The Bertz CT molecular complexity index is 730. The maximum atomic E-state index is 10.8. The number of aromatic nitrogens is 1. The van der Waals surface area contributed by atoms with E-state index < -0.39 is 5.97 Å². The molecule has 122 valence electrons. The van der Waals surface area contributed by atoms with E-state index in [0.717, 1.165) is 12.1 Å². The third kappa shape index (κ3) is 4.22. The summed E-state index contributed by atoms with van der Waals surface area (Å²) < 4.78 is 2.28. The predicted molar refractivity (Wildman–Crippen MR) is 90.7 cm³/mol. The van der Waals surface area contributed by atoms with Crippen molar-refractivity contribution in [2.24, 2.45) is 11.0 Å². The van der Waals surface area contributed by atoms with Gasteiger partial charge in [-0.15, -0.1) is 0 Å². The largest absolute Gasteiger partial charge is 0.545 e. The van der Waals surface area contributed by atoms with Gasteiger partial charge in [-0.3, -0.25) is 5.43 Å². The van der Waals surface area contributed by atoms with Gasteiger partial charge in [-0.25, -0.2) is 0 Å². The number of aromatic carboxylic acids is 1. The molecule has 1 aromatic carbocycles. The first-order valence-electron chi connectivity index (χ1n) is 7.65. The van der Waals surface area contributed by atoms with Crippen molar-refractivity contribution in [2.45, 2.75) is 34.2 Å². The highest BCUT2D eigenvalue weighted by Crippen LogP contribution is 2.16. The van der Waals surface area contributed by atoms with Crippen LogP contribution < -0.4 is 10.5 Å². The van der Waals surface area contributed by atoms with Crippen LogP contribution in [0.5, 0.6) is 0 Å². The Hall–Kier alpha value is -2.56. The van der Waals surface area contributed by atoms with Crippen LogP contribution in [0.2, 0.25) is 0 Å². The fourth-order valence-electron chi connectivity index (χ4n) is 2.50. The second-order valence-electron chi connectivity index (χ2n) is 6.07. The number of aryl methyl sites for hydroxylation is 1. The summed E-state index contributed by atoms with van der Waals surface area (Å²) in [6.45, 7) is 9.53. The first kappa shape index (κ1) is 16.8. The number of benzene rings is 1. The van der Waals surface area contributed by atoms with Crippen LogP contribution in [-0.2, 0) is 6.54 Å². The smallest absolute Gasteiger partial charge is 0.0716 e. The number of carboxylic acids is 1. The highest BCUT2D eigenvalue weighted by atomic mass is 16.4. The SMILES string of the molecule is Cc1cc(/C=N\Nc2cccc(C(=O)[O-])c2)c(C)n1CC(C)C. The molecular formula is C18H22N3O2-. The summed E-state index contributed by atoms with van der Waals surface area (Å²) in [5.41, 5.74) is 7.01. The molecule has 0 saturated carbocycles. The summed E-state index contributed by atoms with van der Waals surface area (Å²) in [5, 5.41) is 15.0. The van der Waals surface area contributed by atoms with Crippen LogP contribution >= 0.6 is 0 Å². The molecule has 0 radical (unpaired) electrons. The van der Waals surface area contributed by atoms with Crippen molar-refractivity contribution in [2.75, 3.05) is 5.43 Å². The number of hydrogen-bond acceptors (Lipinski definition) is 4. The minimum absolute atomic E-state index is 0.125. The van der Waals surface area contributed by atoms with Gasteiger partial charge >= 0.3 is 0 Å². The average Bonchev–Trinajstić information content (AvgIpc) is 2.75. The molecule has 0 atom stereocenters. The molecule has 0 aliphatic rings. The molecule has 2 rings (SSSR count). The molecule has 0 aliphatic heterocycles. The van der Waals surface area contributed by atoms with E-state index in [4.69, 9.17) is 0 Å². The number of hydrogen-bond donors (Lipinski definition) is 1. The van der Waals surface area contributed by atoms with E-state index in [0.29, 0.717) is 11.6 Å². The van der Waals surface area contributed by atoms with Crippen molar-refractivity contribution in [3.63, 3.8) is 0 Å². The molecule has 0 bridgehead atoms. The molecule has 23 heavy (non-hydrogen) atoms. The summed E-state index contributed by atoms with van der Waals surface area (Å²) in [6.07, 6.45) is 1.75. The summed E-state index contributed by atoms with van der Waals surface area (Å²) in [6, 6.07) is 8.49. The summed E-state index contributed by atoms with van der Waals surface area (Å²) in [4.78, 5) is 10.8. The zero-order valence-corrected chi connectivity index (χ0v) is 14.0. The van der Waals surface area contributed by atoms with Crippen LogP contribution in [0.1, 0.15) is 41.2 Å². The molecular weight excluding hydrogens is 290 g/mol. The van der Waals surface area contributed by atoms with E-state index in [1.54, 1.807) is 18.3 Å². The molecule has 1 N–H and O–H groups in total. The molecule has 1 heterocycles. The van der Waals surface area contributed by atoms with E-state index in [-0.39, 0.29) is 5.56 Å². The van der Waals surface area contributed by atoms with Crippen LogP contribution in [0.3, 0.4) is 0 Å². The lowest BCUT2D eigenvalue weighted by molar-refractivity contribution is -0.255. The number of hydrazone groups is 1. The summed E-state index contributed by atoms with van der Waals surface area (Å²) in [7, 11) is 0. The summed E-state index contributed by atoms with van der Waals surface area (Å²) in [5.74, 6) is -0.620. The van der Waals surface area contributed by atoms with Gasteiger partial charge in [0.1, 0.15) is 0 Å². The second kappa shape index (κ2) is 7.13. The van der Waals surface area contributed by atoms with Gasteiger partial charge in [0.05, 0.1) is 17.9 Å². The Labute approximate surface area is 136 Å². The van der Waals surface area contributed by atoms with Gasteiger partial charge in [0, 0.05) is 23.5 Å². The van der Waals surface area contributed by atoms with Crippen LogP contribution in [0.15, 0.2) is 35.4 Å². The number of rotatable bonds is 6. The minimum atomic E-state index is -1.20. The summed E-state index contributed by atoms with van der Waals surface area (Å²) >= 11 is 0. The van der Waals surface area contributed by atoms with Crippen molar-refractivity contribution in [1.82, 2.24) is 4.57 Å².